The first-order chi connectivity index (χ1) is 12.9. The molecule has 0 saturated carbocycles. The zero-order chi connectivity index (χ0) is 21.1. The summed E-state index contributed by atoms with van der Waals surface area (Å²) in [6, 6.07) is 8.23. The standard InChI is InChI=1S/C20H30N4O3S/c1-15(2)18(14-21)23-10-12-24(13-11-23)19(25)16-6-8-17(9-7-16)28(26,27)22-20(3,4)5/h6-9,15,18,22H,10-13H2,1-5H3. The highest BCUT2D eigenvalue weighted by molar-refractivity contribution is 7.89. The Balaban J connectivity index is 2.04. The molecule has 1 fully saturated rings. The molecule has 1 amide bonds. The van der Waals surface area contributed by atoms with Gasteiger partial charge in [-0.15, -0.1) is 0 Å². The molecule has 1 heterocycles. The van der Waals surface area contributed by atoms with Crippen molar-refractivity contribution < 1.29 is 13.2 Å². The summed E-state index contributed by atoms with van der Waals surface area (Å²) in [6.07, 6.45) is 0. The van der Waals surface area contributed by atoms with Crippen molar-refractivity contribution >= 4 is 15.9 Å². The number of amides is 1. The first-order valence-corrected chi connectivity index (χ1v) is 11.0. The van der Waals surface area contributed by atoms with Gasteiger partial charge in [0, 0.05) is 37.3 Å². The van der Waals surface area contributed by atoms with Gasteiger partial charge >= 0.3 is 0 Å². The Bertz CT molecular complexity index is 828. The van der Waals surface area contributed by atoms with Gasteiger partial charge in [0.25, 0.3) is 5.91 Å². The van der Waals surface area contributed by atoms with Gasteiger partial charge in [-0.05, 0) is 51.0 Å². The van der Waals surface area contributed by atoms with Crippen molar-refractivity contribution in [2.45, 2.75) is 51.1 Å². The van der Waals surface area contributed by atoms with Crippen LogP contribution in [0.1, 0.15) is 45.0 Å². The monoisotopic (exact) mass is 406 g/mol. The third kappa shape index (κ3) is 5.53. The van der Waals surface area contributed by atoms with Crippen molar-refractivity contribution in [2.75, 3.05) is 26.2 Å². The number of nitriles is 1. The van der Waals surface area contributed by atoms with Gasteiger partial charge in [-0.25, -0.2) is 13.1 Å². The fourth-order valence-corrected chi connectivity index (χ4v) is 4.70. The Labute approximate surface area is 168 Å². The molecule has 2 rings (SSSR count). The predicted octanol–water partition coefficient (Wildman–Crippen LogP) is 2.07. The van der Waals surface area contributed by atoms with Crippen molar-refractivity contribution in [3.8, 4) is 6.07 Å². The summed E-state index contributed by atoms with van der Waals surface area (Å²) in [5.41, 5.74) is -0.117. The molecule has 8 heteroatoms. The van der Waals surface area contributed by atoms with Crippen molar-refractivity contribution in [1.29, 1.82) is 5.26 Å². The molecule has 1 aliphatic heterocycles. The van der Waals surface area contributed by atoms with Crippen LogP contribution in [0.5, 0.6) is 0 Å². The van der Waals surface area contributed by atoms with Gasteiger partial charge < -0.3 is 4.90 Å². The molecule has 0 aliphatic carbocycles. The molecule has 0 aromatic heterocycles. The number of carbonyl (C=O) groups is 1. The summed E-state index contributed by atoms with van der Waals surface area (Å²) in [6.45, 7) is 11.8. The molecule has 1 aromatic rings. The molecule has 1 atom stereocenters. The van der Waals surface area contributed by atoms with Gasteiger partial charge in [-0.2, -0.15) is 5.26 Å². The van der Waals surface area contributed by atoms with Crippen molar-refractivity contribution in [2.24, 2.45) is 5.92 Å². The topological polar surface area (TPSA) is 93.5 Å². The van der Waals surface area contributed by atoms with Gasteiger partial charge in [-0.3, -0.25) is 9.69 Å². The third-order valence-electron chi connectivity index (χ3n) is 4.61. The molecule has 0 radical (unpaired) electrons. The number of nitrogens with one attached hydrogen (secondary N) is 1. The highest BCUT2D eigenvalue weighted by Crippen LogP contribution is 2.17. The number of sulfonamides is 1. The Hall–Kier alpha value is -1.95. The summed E-state index contributed by atoms with van der Waals surface area (Å²) in [7, 11) is -3.63. The lowest BCUT2D eigenvalue weighted by Gasteiger charge is -2.38. The maximum absolute atomic E-state index is 12.7. The van der Waals surface area contributed by atoms with Crippen LogP contribution in [0.15, 0.2) is 29.2 Å². The quantitative estimate of drug-likeness (QED) is 0.808. The zero-order valence-corrected chi connectivity index (χ0v) is 18.1. The van der Waals surface area contributed by atoms with Crippen molar-refractivity contribution in [3.05, 3.63) is 29.8 Å². The Morgan fingerprint density at radius 1 is 1.11 bits per heavy atom. The summed E-state index contributed by atoms with van der Waals surface area (Å²) < 4.78 is 27.4. The van der Waals surface area contributed by atoms with Gasteiger partial charge in [0.2, 0.25) is 10.0 Å². The summed E-state index contributed by atoms with van der Waals surface area (Å²) in [4.78, 5) is 16.7. The zero-order valence-electron chi connectivity index (χ0n) is 17.3. The number of piperazine rings is 1. The highest BCUT2D eigenvalue weighted by Gasteiger charge is 2.28. The van der Waals surface area contributed by atoms with Crippen LogP contribution in [-0.2, 0) is 10.0 Å². The largest absolute Gasteiger partial charge is 0.336 e. The first kappa shape index (κ1) is 22.3. The third-order valence-corrected chi connectivity index (χ3v) is 6.38. The molecule has 7 nitrogen and oxygen atoms in total. The maximum Gasteiger partial charge on any atom is 0.253 e. The van der Waals surface area contributed by atoms with E-state index in [2.05, 4.69) is 15.7 Å². The number of benzene rings is 1. The lowest BCUT2D eigenvalue weighted by Crippen LogP contribution is -2.52. The van der Waals surface area contributed by atoms with E-state index < -0.39 is 15.6 Å². The lowest BCUT2D eigenvalue weighted by molar-refractivity contribution is 0.0576. The molecular weight excluding hydrogens is 376 g/mol. The van der Waals surface area contributed by atoms with Crippen molar-refractivity contribution in [1.82, 2.24) is 14.5 Å². The van der Waals surface area contributed by atoms with E-state index >= 15 is 0 Å². The van der Waals surface area contributed by atoms with Gasteiger partial charge in [-0.1, -0.05) is 13.8 Å². The van der Waals surface area contributed by atoms with E-state index in [0.29, 0.717) is 31.7 Å². The van der Waals surface area contributed by atoms with Crippen molar-refractivity contribution in [3.63, 3.8) is 0 Å². The predicted molar refractivity (Wildman–Crippen MR) is 108 cm³/mol. The average molecular weight is 407 g/mol. The summed E-state index contributed by atoms with van der Waals surface area (Å²) in [5, 5.41) is 9.34. The normalized spacial score (nSPS) is 17.4. The van der Waals surface area contributed by atoms with E-state index in [0.717, 1.165) is 0 Å². The van der Waals surface area contributed by atoms with Crippen LogP contribution in [0.4, 0.5) is 0 Å². The van der Waals surface area contributed by atoms with Crippen LogP contribution in [0.3, 0.4) is 0 Å². The molecule has 0 bridgehead atoms. The Morgan fingerprint density at radius 2 is 1.64 bits per heavy atom. The molecule has 1 unspecified atom stereocenters. The minimum atomic E-state index is -3.63. The number of hydrogen-bond acceptors (Lipinski definition) is 5. The van der Waals surface area contributed by atoms with Gasteiger partial charge in [0.05, 0.1) is 11.0 Å². The number of nitrogens with zero attached hydrogens (tertiary/aromatic N) is 3. The van der Waals surface area contributed by atoms with Crippen LogP contribution in [0.25, 0.3) is 0 Å². The van der Waals surface area contributed by atoms with E-state index in [-0.39, 0.29) is 22.8 Å². The Kier molecular flexibility index (Phi) is 6.86. The second-order valence-corrected chi connectivity index (χ2v) is 10.2. The maximum atomic E-state index is 12.7. The molecule has 1 saturated heterocycles. The van der Waals surface area contributed by atoms with E-state index in [9.17, 15) is 18.5 Å². The van der Waals surface area contributed by atoms with E-state index in [1.165, 1.54) is 12.1 Å². The van der Waals surface area contributed by atoms with Crippen LogP contribution in [0, 0.1) is 17.2 Å². The molecule has 154 valence electrons. The van der Waals surface area contributed by atoms with Crippen LogP contribution in [-0.4, -0.2) is 61.9 Å². The number of hydrogen-bond donors (Lipinski definition) is 1. The Morgan fingerprint density at radius 3 is 2.07 bits per heavy atom. The summed E-state index contributed by atoms with van der Waals surface area (Å²) >= 11 is 0. The van der Waals surface area contributed by atoms with Gasteiger partial charge in [0.1, 0.15) is 6.04 Å². The number of rotatable bonds is 5. The highest BCUT2D eigenvalue weighted by atomic mass is 32.2. The molecule has 1 N–H and O–H groups in total. The second kappa shape index (κ2) is 8.60. The second-order valence-electron chi connectivity index (χ2n) is 8.53. The van der Waals surface area contributed by atoms with Crippen LogP contribution in [0.2, 0.25) is 0 Å². The minimum absolute atomic E-state index is 0.120. The molecule has 28 heavy (non-hydrogen) atoms. The smallest absolute Gasteiger partial charge is 0.253 e. The average Bonchev–Trinajstić information content (AvgIpc) is 2.60. The van der Waals surface area contributed by atoms with Gasteiger partial charge in [0.15, 0.2) is 0 Å². The van der Waals surface area contributed by atoms with Crippen LogP contribution < -0.4 is 4.72 Å². The summed E-state index contributed by atoms with van der Waals surface area (Å²) in [5.74, 6) is 0.119. The van der Waals surface area contributed by atoms with E-state index in [4.69, 9.17) is 0 Å². The molecule has 1 aromatic carbocycles. The fraction of sp³-hybridized carbons (Fsp3) is 0.600. The lowest BCUT2D eigenvalue weighted by atomic mass is 10.0. The fourth-order valence-electron chi connectivity index (χ4n) is 3.28. The molecule has 0 spiro atoms. The SMILES string of the molecule is CC(C)C(C#N)N1CCN(C(=O)c2ccc(S(=O)(=O)NC(C)(C)C)cc2)CC1. The van der Waals surface area contributed by atoms with E-state index in [1.54, 1.807) is 37.8 Å². The first-order valence-electron chi connectivity index (χ1n) is 9.51. The van der Waals surface area contributed by atoms with Crippen LogP contribution >= 0.6 is 0 Å². The van der Waals surface area contributed by atoms with E-state index in [1.807, 2.05) is 13.8 Å². The molecular formula is C20H30N4O3S. The molecule has 1 aliphatic rings. The number of carbonyl (C=O) groups excluding carboxylic acids is 1. The minimum Gasteiger partial charge on any atom is -0.336 e.